The number of para-hydroxylation sites is 1. The van der Waals surface area contributed by atoms with E-state index in [4.69, 9.17) is 37.1 Å². The molecule has 186 valence electrons. The molecule has 1 aliphatic rings. The van der Waals surface area contributed by atoms with Gasteiger partial charge < -0.3 is 23.9 Å². The summed E-state index contributed by atoms with van der Waals surface area (Å²) in [6, 6.07) is 12.6. The van der Waals surface area contributed by atoms with Crippen LogP contribution in [0.3, 0.4) is 0 Å². The van der Waals surface area contributed by atoms with E-state index in [9.17, 15) is 14.4 Å². The Morgan fingerprint density at radius 2 is 1.89 bits per heavy atom. The third kappa shape index (κ3) is 5.32. The minimum absolute atomic E-state index is 0.0320. The minimum Gasteiger partial charge on any atom is -0.493 e. The number of furan rings is 1. The summed E-state index contributed by atoms with van der Waals surface area (Å²) >= 11 is 12.1. The van der Waals surface area contributed by atoms with Gasteiger partial charge >= 0.3 is 12.0 Å². The molecule has 1 fully saturated rings. The molecule has 4 rings (SSSR count). The molecule has 2 heterocycles. The smallest absolute Gasteiger partial charge is 0.373 e. The number of carbonyl (C=O) groups is 3. The van der Waals surface area contributed by atoms with Gasteiger partial charge in [0.05, 0.1) is 30.8 Å². The molecule has 1 saturated heterocycles. The van der Waals surface area contributed by atoms with E-state index in [0.29, 0.717) is 27.1 Å². The number of imide groups is 1. The highest BCUT2D eigenvalue weighted by Gasteiger charge is 2.34. The zero-order valence-corrected chi connectivity index (χ0v) is 20.7. The fourth-order valence-corrected chi connectivity index (χ4v) is 3.77. The maximum absolute atomic E-state index is 13.0. The van der Waals surface area contributed by atoms with Gasteiger partial charge in [-0.1, -0.05) is 41.4 Å². The molecule has 0 spiro atoms. The Labute approximate surface area is 216 Å². The summed E-state index contributed by atoms with van der Waals surface area (Å²) in [5.74, 6) is -0.223. The third-order valence-corrected chi connectivity index (χ3v) is 5.96. The second-order valence-corrected chi connectivity index (χ2v) is 8.37. The molecular weight excluding hydrogens is 511 g/mol. The summed E-state index contributed by atoms with van der Waals surface area (Å²) in [5.41, 5.74) is 1.31. The zero-order chi connectivity index (χ0) is 25.8. The van der Waals surface area contributed by atoms with Crippen molar-refractivity contribution < 1.29 is 33.0 Å². The van der Waals surface area contributed by atoms with E-state index < -0.39 is 17.9 Å². The van der Waals surface area contributed by atoms with Crippen molar-refractivity contribution in [1.82, 2.24) is 10.2 Å². The molecule has 1 N–H and O–H groups in total. The lowest BCUT2D eigenvalue weighted by molar-refractivity contribution is -0.123. The van der Waals surface area contributed by atoms with Crippen molar-refractivity contribution in [2.24, 2.45) is 0 Å². The molecule has 0 aliphatic carbocycles. The van der Waals surface area contributed by atoms with Crippen molar-refractivity contribution in [2.45, 2.75) is 13.2 Å². The van der Waals surface area contributed by atoms with Crippen molar-refractivity contribution in [3.05, 3.63) is 86.9 Å². The Hall–Kier alpha value is -3.95. The Kier molecular flexibility index (Phi) is 7.52. The number of carbonyl (C=O) groups excluding carboxylic acids is 3. The van der Waals surface area contributed by atoms with E-state index in [1.807, 2.05) is 0 Å². The highest BCUT2D eigenvalue weighted by Crippen LogP contribution is 2.34. The molecule has 36 heavy (non-hydrogen) atoms. The number of methoxy groups -OCH3 is 2. The molecule has 3 amide bonds. The second kappa shape index (κ2) is 10.8. The van der Waals surface area contributed by atoms with Crippen molar-refractivity contribution in [2.75, 3.05) is 14.2 Å². The van der Waals surface area contributed by atoms with Crippen molar-refractivity contribution in [3.8, 4) is 11.5 Å². The van der Waals surface area contributed by atoms with E-state index in [1.54, 1.807) is 36.4 Å². The van der Waals surface area contributed by atoms with Crippen LogP contribution in [0.15, 0.2) is 58.6 Å². The molecule has 1 aromatic heterocycles. The van der Waals surface area contributed by atoms with Crippen molar-refractivity contribution in [1.29, 1.82) is 0 Å². The number of nitrogens with one attached hydrogen (secondary N) is 1. The first-order valence-corrected chi connectivity index (χ1v) is 11.3. The van der Waals surface area contributed by atoms with Gasteiger partial charge in [0.25, 0.3) is 5.91 Å². The predicted octanol–water partition coefficient (Wildman–Crippen LogP) is 5.05. The van der Waals surface area contributed by atoms with E-state index in [2.05, 4.69) is 10.1 Å². The van der Waals surface area contributed by atoms with Crippen LogP contribution in [0, 0.1) is 0 Å². The van der Waals surface area contributed by atoms with Gasteiger partial charge in [-0.3, -0.25) is 9.69 Å². The first-order valence-electron chi connectivity index (χ1n) is 10.6. The lowest BCUT2D eigenvalue weighted by atomic mass is 10.1. The summed E-state index contributed by atoms with van der Waals surface area (Å²) in [6.07, 6.45) is 1.49. The van der Waals surface area contributed by atoms with Gasteiger partial charge in [0.15, 0.2) is 11.5 Å². The van der Waals surface area contributed by atoms with Crippen LogP contribution in [0.4, 0.5) is 4.79 Å². The Bertz CT molecular complexity index is 1370. The van der Waals surface area contributed by atoms with Gasteiger partial charge in [0.2, 0.25) is 5.76 Å². The molecule has 0 radical (unpaired) electrons. The van der Waals surface area contributed by atoms with Crippen molar-refractivity contribution in [3.63, 3.8) is 0 Å². The van der Waals surface area contributed by atoms with E-state index in [1.165, 1.54) is 32.4 Å². The maximum atomic E-state index is 13.0. The van der Waals surface area contributed by atoms with Crippen molar-refractivity contribution >= 4 is 47.2 Å². The first-order chi connectivity index (χ1) is 17.3. The summed E-state index contributed by atoms with van der Waals surface area (Å²) in [6.45, 7) is -0.0152. The topological polar surface area (TPSA) is 107 Å². The van der Waals surface area contributed by atoms with Gasteiger partial charge in [0.1, 0.15) is 18.1 Å². The van der Waals surface area contributed by atoms with E-state index in [-0.39, 0.29) is 30.4 Å². The number of hydrogen-bond donors (Lipinski definition) is 1. The van der Waals surface area contributed by atoms with Crippen LogP contribution in [0.2, 0.25) is 10.0 Å². The average Bonchev–Trinajstić information content (AvgIpc) is 3.45. The molecule has 3 aromatic rings. The number of benzene rings is 2. The number of esters is 1. The van der Waals surface area contributed by atoms with Crippen LogP contribution in [0.25, 0.3) is 6.08 Å². The molecule has 0 saturated carbocycles. The summed E-state index contributed by atoms with van der Waals surface area (Å²) < 4.78 is 21.4. The third-order valence-electron chi connectivity index (χ3n) is 5.22. The minimum atomic E-state index is -0.662. The Balaban J connectivity index is 1.56. The lowest BCUT2D eigenvalue weighted by Gasteiger charge is -2.14. The van der Waals surface area contributed by atoms with E-state index >= 15 is 0 Å². The number of ether oxygens (including phenoxy) is 3. The quantitative estimate of drug-likeness (QED) is 0.246. The second-order valence-electron chi connectivity index (χ2n) is 7.55. The van der Waals surface area contributed by atoms with Crippen LogP contribution >= 0.6 is 23.2 Å². The molecule has 9 nitrogen and oxygen atoms in total. The summed E-state index contributed by atoms with van der Waals surface area (Å²) in [5, 5.41) is 3.38. The molecule has 11 heteroatoms. The Morgan fingerprint density at radius 3 is 2.61 bits per heavy atom. The van der Waals surface area contributed by atoms with Gasteiger partial charge in [-0.25, -0.2) is 9.59 Å². The average molecular weight is 531 g/mol. The highest BCUT2D eigenvalue weighted by atomic mass is 35.5. The molecule has 1 aliphatic heterocycles. The fourth-order valence-electron chi connectivity index (χ4n) is 3.45. The van der Waals surface area contributed by atoms with Gasteiger partial charge in [0, 0.05) is 5.56 Å². The number of amides is 3. The van der Waals surface area contributed by atoms with Crippen LogP contribution in [0.5, 0.6) is 11.5 Å². The molecule has 2 aromatic carbocycles. The SMILES string of the molecule is COC(=O)c1ccc(CN2C(=O)N/C(=C\c3cccc(OC)c3OCc3ccc(Cl)c(Cl)c3)C2=O)o1. The van der Waals surface area contributed by atoms with Gasteiger partial charge in [-0.2, -0.15) is 0 Å². The van der Waals surface area contributed by atoms with Crippen LogP contribution in [-0.4, -0.2) is 37.0 Å². The highest BCUT2D eigenvalue weighted by molar-refractivity contribution is 6.42. The Morgan fingerprint density at radius 1 is 1.08 bits per heavy atom. The molecular formula is C25H20Cl2N2O7. The number of hydrogen-bond acceptors (Lipinski definition) is 7. The van der Waals surface area contributed by atoms with Gasteiger partial charge in [-0.05, 0) is 42.0 Å². The number of halogens is 2. The number of urea groups is 1. The molecule has 0 unspecified atom stereocenters. The first kappa shape index (κ1) is 25.2. The monoisotopic (exact) mass is 530 g/mol. The summed E-state index contributed by atoms with van der Waals surface area (Å²) in [7, 11) is 2.72. The standard InChI is InChI=1S/C25H20Cl2N2O7/c1-33-20-5-3-4-15(22(20)35-13-14-6-8-17(26)18(27)10-14)11-19-23(30)29(25(32)28-19)12-16-7-9-21(36-16)24(31)34-2/h3-11H,12-13H2,1-2H3,(H,28,32)/b19-11-. The largest absolute Gasteiger partial charge is 0.493 e. The lowest BCUT2D eigenvalue weighted by Crippen LogP contribution is -2.30. The maximum Gasteiger partial charge on any atom is 0.373 e. The number of rotatable bonds is 8. The summed E-state index contributed by atoms with van der Waals surface area (Å²) in [4.78, 5) is 38.0. The normalized spacial score (nSPS) is 14.2. The van der Waals surface area contributed by atoms with Crippen LogP contribution < -0.4 is 14.8 Å². The van der Waals surface area contributed by atoms with Crippen LogP contribution in [-0.2, 0) is 22.7 Å². The van der Waals surface area contributed by atoms with E-state index in [0.717, 1.165) is 10.5 Å². The van der Waals surface area contributed by atoms with Gasteiger partial charge in [-0.15, -0.1) is 0 Å². The molecule has 0 atom stereocenters. The molecule has 0 bridgehead atoms. The number of nitrogens with zero attached hydrogens (tertiary/aromatic N) is 1. The zero-order valence-electron chi connectivity index (χ0n) is 19.2. The van der Waals surface area contributed by atoms with Crippen LogP contribution in [0.1, 0.15) is 27.4 Å². The fraction of sp³-hybridized carbons (Fsp3) is 0.160. The predicted molar refractivity (Wildman–Crippen MR) is 131 cm³/mol.